The van der Waals surface area contributed by atoms with Crippen molar-refractivity contribution in [2.75, 3.05) is 5.32 Å². The van der Waals surface area contributed by atoms with Gasteiger partial charge in [-0.2, -0.15) is 0 Å². The van der Waals surface area contributed by atoms with Crippen LogP contribution in [0.4, 0.5) is 9.80 Å². The normalized spacial score (nSPS) is 11.5. The highest BCUT2D eigenvalue weighted by molar-refractivity contribution is 7.16. The van der Waals surface area contributed by atoms with E-state index in [9.17, 15) is 19.2 Å². The number of amides is 3. The molecule has 22 heavy (non-hydrogen) atoms. The minimum absolute atomic E-state index is 0.109. The largest absolute Gasteiger partial charge is 0.478 e. The van der Waals surface area contributed by atoms with Crippen LogP contribution in [0.1, 0.15) is 41.0 Å². The maximum atomic E-state index is 11.2. The van der Waals surface area contributed by atoms with Gasteiger partial charge in [0.15, 0.2) is 0 Å². The number of anilines is 1. The van der Waals surface area contributed by atoms with E-state index in [4.69, 9.17) is 15.9 Å². The van der Waals surface area contributed by atoms with Gasteiger partial charge in [-0.15, -0.1) is 11.3 Å². The molecule has 1 unspecified atom stereocenters. The molecule has 0 fully saturated rings. The quantitative estimate of drug-likeness (QED) is 0.489. The van der Waals surface area contributed by atoms with Gasteiger partial charge in [-0.3, -0.25) is 4.79 Å². The van der Waals surface area contributed by atoms with E-state index in [1.54, 1.807) is 0 Å². The fraction of sp³-hybridized carbons (Fsp3) is 0.333. The van der Waals surface area contributed by atoms with Crippen LogP contribution in [-0.4, -0.2) is 34.1 Å². The van der Waals surface area contributed by atoms with Crippen molar-refractivity contribution in [3.05, 3.63) is 16.5 Å². The van der Waals surface area contributed by atoms with Crippen LogP contribution in [0, 0.1) is 0 Å². The molecule has 6 N–H and O–H groups in total. The molecule has 0 saturated carbocycles. The molecule has 120 valence electrons. The number of urea groups is 1. The lowest BCUT2D eigenvalue weighted by Crippen LogP contribution is -2.32. The molecule has 0 radical (unpaired) electrons. The molecule has 0 aliphatic heterocycles. The summed E-state index contributed by atoms with van der Waals surface area (Å²) in [5.74, 6) is -4.39. The van der Waals surface area contributed by atoms with Crippen molar-refractivity contribution in [3.8, 4) is 0 Å². The van der Waals surface area contributed by atoms with Gasteiger partial charge in [0.2, 0.25) is 0 Å². The first-order chi connectivity index (χ1) is 10.3. The van der Waals surface area contributed by atoms with Crippen molar-refractivity contribution in [1.29, 1.82) is 0 Å². The summed E-state index contributed by atoms with van der Waals surface area (Å²) in [5.41, 5.74) is 4.83. The number of nitrogens with one attached hydrogen (secondary N) is 2. The number of carboxylic acids is 2. The fourth-order valence-electron chi connectivity index (χ4n) is 1.74. The second-order valence-corrected chi connectivity index (χ2v) is 5.39. The maximum Gasteiger partial charge on any atom is 0.394 e. The Morgan fingerprint density at radius 3 is 2.41 bits per heavy atom. The Hall–Kier alpha value is -2.62. The van der Waals surface area contributed by atoms with Crippen LogP contribution in [0.3, 0.4) is 0 Å². The number of hydrogen-bond donors (Lipinski definition) is 5. The Morgan fingerprint density at radius 2 is 1.95 bits per heavy atom. The Balaban J connectivity index is 3.15. The summed E-state index contributed by atoms with van der Waals surface area (Å²) >= 11 is 0.877. The van der Waals surface area contributed by atoms with Gasteiger partial charge in [0, 0.05) is 4.88 Å². The van der Waals surface area contributed by atoms with Gasteiger partial charge in [-0.05, 0) is 12.5 Å². The van der Waals surface area contributed by atoms with Crippen molar-refractivity contribution in [2.24, 2.45) is 5.73 Å². The highest BCUT2D eigenvalue weighted by atomic mass is 32.1. The number of hydrogen-bond acceptors (Lipinski definition) is 5. The predicted molar refractivity (Wildman–Crippen MR) is 77.9 cm³/mol. The number of primary amides is 1. The van der Waals surface area contributed by atoms with Crippen LogP contribution < -0.4 is 16.4 Å². The monoisotopic (exact) mass is 329 g/mol. The number of carbonyl (C=O) groups is 4. The van der Waals surface area contributed by atoms with E-state index >= 15 is 0 Å². The van der Waals surface area contributed by atoms with Crippen LogP contribution in [0.25, 0.3) is 0 Å². The van der Waals surface area contributed by atoms with E-state index in [1.807, 2.05) is 12.2 Å². The van der Waals surface area contributed by atoms with Crippen LogP contribution in [-0.2, 0) is 9.59 Å². The molecule has 0 spiro atoms. The molecule has 1 rings (SSSR count). The van der Waals surface area contributed by atoms with Gasteiger partial charge in [-0.25, -0.2) is 14.4 Å². The lowest BCUT2D eigenvalue weighted by molar-refractivity contribution is -0.147. The molecule has 1 heterocycles. The third kappa shape index (κ3) is 4.45. The smallest absolute Gasteiger partial charge is 0.394 e. The molecule has 0 bridgehead atoms. The molecule has 1 aromatic heterocycles. The lowest BCUT2D eigenvalue weighted by atomic mass is 10.1. The Kier molecular flexibility index (Phi) is 5.87. The van der Waals surface area contributed by atoms with Crippen molar-refractivity contribution in [1.82, 2.24) is 5.32 Å². The molecule has 0 saturated heterocycles. The van der Waals surface area contributed by atoms with Gasteiger partial charge in [0.25, 0.3) is 0 Å². The maximum absolute atomic E-state index is 11.2. The Morgan fingerprint density at radius 1 is 1.32 bits per heavy atom. The third-order valence-corrected chi connectivity index (χ3v) is 3.80. The molecule has 3 amide bonds. The standard InChI is InChI=1S/C12H15N3O6S/c1-2-3-6(14-12(13)21)7-4-5(10(17)18)9(22-7)15-8(16)11(19)20/h4,6H,2-3H2,1H3,(H,15,16)(H,17,18)(H,19,20)(H3,13,14,21). The fourth-order valence-corrected chi connectivity index (χ4v) is 2.87. The summed E-state index contributed by atoms with van der Waals surface area (Å²) in [6.45, 7) is 1.87. The molecule has 0 aliphatic carbocycles. The second kappa shape index (κ2) is 7.41. The highest BCUT2D eigenvalue weighted by Crippen LogP contribution is 2.34. The summed E-state index contributed by atoms with van der Waals surface area (Å²) < 4.78 is 0. The first-order valence-electron chi connectivity index (χ1n) is 6.23. The summed E-state index contributed by atoms with van der Waals surface area (Å²) in [5, 5.41) is 22.1. The molecule has 0 aromatic carbocycles. The Labute approximate surface area is 129 Å². The molecular weight excluding hydrogens is 314 g/mol. The zero-order chi connectivity index (χ0) is 16.9. The zero-order valence-electron chi connectivity index (χ0n) is 11.6. The zero-order valence-corrected chi connectivity index (χ0v) is 12.4. The SMILES string of the molecule is CCCC(NC(N)=O)c1cc(C(=O)O)c(NC(=O)C(=O)O)s1. The van der Waals surface area contributed by atoms with E-state index in [2.05, 4.69) is 5.32 Å². The minimum Gasteiger partial charge on any atom is -0.478 e. The van der Waals surface area contributed by atoms with Crippen molar-refractivity contribution in [3.63, 3.8) is 0 Å². The number of carboxylic acid groups (broad SMARTS) is 2. The van der Waals surface area contributed by atoms with E-state index in [0.717, 1.165) is 11.3 Å². The van der Waals surface area contributed by atoms with E-state index in [1.165, 1.54) is 6.07 Å². The van der Waals surface area contributed by atoms with Crippen LogP contribution >= 0.6 is 11.3 Å². The number of carbonyl (C=O) groups excluding carboxylic acids is 2. The number of aromatic carboxylic acids is 1. The second-order valence-electron chi connectivity index (χ2n) is 4.31. The molecule has 0 aliphatic rings. The van der Waals surface area contributed by atoms with E-state index in [-0.39, 0.29) is 10.6 Å². The predicted octanol–water partition coefficient (Wildman–Crippen LogP) is 0.979. The van der Waals surface area contributed by atoms with Gasteiger partial charge in [0.05, 0.1) is 11.6 Å². The number of aliphatic carboxylic acids is 1. The van der Waals surface area contributed by atoms with Gasteiger partial charge < -0.3 is 26.6 Å². The molecule has 9 nitrogen and oxygen atoms in total. The van der Waals surface area contributed by atoms with Crippen LogP contribution in [0.5, 0.6) is 0 Å². The molecule has 10 heteroatoms. The van der Waals surface area contributed by atoms with E-state index in [0.29, 0.717) is 17.7 Å². The minimum atomic E-state index is -1.73. The Bertz CT molecular complexity index is 612. The van der Waals surface area contributed by atoms with Gasteiger partial charge in [-0.1, -0.05) is 13.3 Å². The van der Waals surface area contributed by atoms with Crippen molar-refractivity contribution < 1.29 is 29.4 Å². The number of thiophene rings is 1. The summed E-state index contributed by atoms with van der Waals surface area (Å²) in [6.07, 6.45) is 1.21. The molecule has 1 aromatic rings. The molecular formula is C12H15N3O6S. The average Bonchev–Trinajstić information content (AvgIpc) is 2.81. The van der Waals surface area contributed by atoms with Gasteiger partial charge >= 0.3 is 23.9 Å². The summed E-state index contributed by atoms with van der Waals surface area (Å²) in [4.78, 5) is 44.4. The topological polar surface area (TPSA) is 159 Å². The number of nitrogens with two attached hydrogens (primary N) is 1. The average molecular weight is 329 g/mol. The molecule has 1 atom stereocenters. The first kappa shape index (κ1) is 17.4. The highest BCUT2D eigenvalue weighted by Gasteiger charge is 2.23. The third-order valence-electron chi connectivity index (χ3n) is 2.64. The first-order valence-corrected chi connectivity index (χ1v) is 7.05. The lowest BCUT2D eigenvalue weighted by Gasteiger charge is -2.14. The summed E-state index contributed by atoms with van der Waals surface area (Å²) in [7, 11) is 0. The van der Waals surface area contributed by atoms with Crippen LogP contribution in [0.15, 0.2) is 6.07 Å². The van der Waals surface area contributed by atoms with Crippen LogP contribution in [0.2, 0.25) is 0 Å². The van der Waals surface area contributed by atoms with E-state index < -0.39 is 29.9 Å². The number of rotatable bonds is 6. The summed E-state index contributed by atoms with van der Waals surface area (Å²) in [6, 6.07) is 0.00158. The van der Waals surface area contributed by atoms with Gasteiger partial charge in [0.1, 0.15) is 5.00 Å². The van der Waals surface area contributed by atoms with Crippen molar-refractivity contribution in [2.45, 2.75) is 25.8 Å². The van der Waals surface area contributed by atoms with Crippen molar-refractivity contribution >= 4 is 40.2 Å².